The van der Waals surface area contributed by atoms with Gasteiger partial charge in [0.2, 0.25) is 0 Å². The van der Waals surface area contributed by atoms with Crippen molar-refractivity contribution >= 4 is 40.7 Å². The van der Waals surface area contributed by atoms with Crippen molar-refractivity contribution in [3.05, 3.63) is 112 Å². The largest absolute Gasteiger partial charge is 0.343 e. The van der Waals surface area contributed by atoms with Gasteiger partial charge < -0.3 is 9.88 Å². The normalized spacial score (nSPS) is 11.8. The Balaban J connectivity index is 1.56. The molecular formula is C24H18Cl3N3O. The number of carbonyl (C=O) groups excluding carboxylic acids is 1. The van der Waals surface area contributed by atoms with Crippen LogP contribution in [0.5, 0.6) is 0 Å². The number of benzene rings is 3. The van der Waals surface area contributed by atoms with Crippen LogP contribution in [0.25, 0.3) is 11.1 Å². The van der Waals surface area contributed by atoms with E-state index in [2.05, 4.69) is 10.3 Å². The molecule has 4 aromatic rings. The molecule has 1 aromatic heterocycles. The summed E-state index contributed by atoms with van der Waals surface area (Å²) in [5.41, 5.74) is 3.37. The average Bonchev–Trinajstić information content (AvgIpc) is 3.27. The highest BCUT2D eigenvalue weighted by Crippen LogP contribution is 2.28. The van der Waals surface area contributed by atoms with E-state index in [4.69, 9.17) is 34.8 Å². The van der Waals surface area contributed by atoms with Crippen LogP contribution in [0, 0.1) is 0 Å². The second kappa shape index (κ2) is 9.56. The molecule has 0 aliphatic carbocycles. The first-order chi connectivity index (χ1) is 15.0. The van der Waals surface area contributed by atoms with Crippen molar-refractivity contribution < 1.29 is 4.79 Å². The third kappa shape index (κ3) is 5.28. The lowest BCUT2D eigenvalue weighted by Gasteiger charge is -2.21. The molecule has 0 bridgehead atoms. The fourth-order valence-corrected chi connectivity index (χ4v) is 3.98. The first-order valence-corrected chi connectivity index (χ1v) is 10.7. The predicted octanol–water partition coefficient (Wildman–Crippen LogP) is 6.68. The second-order valence-electron chi connectivity index (χ2n) is 7.04. The Kier molecular flexibility index (Phi) is 6.62. The molecule has 0 aliphatic rings. The molecule has 0 saturated carbocycles. The highest BCUT2D eigenvalue weighted by molar-refractivity contribution is 6.35. The van der Waals surface area contributed by atoms with Crippen LogP contribution in [0.15, 0.2) is 85.5 Å². The molecule has 1 amide bonds. The van der Waals surface area contributed by atoms with Gasteiger partial charge in [-0.1, -0.05) is 65.1 Å². The summed E-state index contributed by atoms with van der Waals surface area (Å²) in [6, 6.07) is 19.9. The Morgan fingerprint density at radius 2 is 1.55 bits per heavy atom. The van der Waals surface area contributed by atoms with Crippen LogP contribution in [0.1, 0.15) is 22.0 Å². The van der Waals surface area contributed by atoms with Gasteiger partial charge in [0.15, 0.2) is 0 Å². The summed E-state index contributed by atoms with van der Waals surface area (Å²) in [6.45, 7) is 0.482. The van der Waals surface area contributed by atoms with E-state index in [1.165, 1.54) is 0 Å². The lowest BCUT2D eigenvalue weighted by atomic mass is 10.0. The quantitative estimate of drug-likeness (QED) is 0.341. The van der Waals surface area contributed by atoms with E-state index in [0.717, 1.165) is 16.7 Å². The first kappa shape index (κ1) is 21.4. The third-order valence-electron chi connectivity index (χ3n) is 4.92. The maximum atomic E-state index is 13.0. The number of aromatic nitrogens is 2. The summed E-state index contributed by atoms with van der Waals surface area (Å²) in [6.07, 6.45) is 5.23. The number of halogens is 3. The minimum absolute atomic E-state index is 0.196. The summed E-state index contributed by atoms with van der Waals surface area (Å²) < 4.78 is 1.89. The minimum Gasteiger partial charge on any atom is -0.343 e. The molecule has 7 heteroatoms. The molecule has 0 spiro atoms. The molecule has 4 nitrogen and oxygen atoms in total. The fourth-order valence-electron chi connectivity index (χ4n) is 3.31. The monoisotopic (exact) mass is 469 g/mol. The van der Waals surface area contributed by atoms with Crippen LogP contribution in [0.3, 0.4) is 0 Å². The van der Waals surface area contributed by atoms with E-state index in [0.29, 0.717) is 27.2 Å². The summed E-state index contributed by atoms with van der Waals surface area (Å²) in [4.78, 5) is 17.1. The molecule has 31 heavy (non-hydrogen) atoms. The summed E-state index contributed by atoms with van der Waals surface area (Å²) in [5.74, 6) is -0.196. The summed E-state index contributed by atoms with van der Waals surface area (Å²) >= 11 is 18.4. The molecular weight excluding hydrogens is 453 g/mol. The molecule has 0 radical (unpaired) electrons. The molecule has 1 atom stereocenters. The first-order valence-electron chi connectivity index (χ1n) is 9.57. The molecule has 0 aliphatic heterocycles. The number of amides is 1. The van der Waals surface area contributed by atoms with Gasteiger partial charge in [-0.15, -0.1) is 0 Å². The van der Waals surface area contributed by atoms with Crippen LogP contribution in [0.2, 0.25) is 15.1 Å². The van der Waals surface area contributed by atoms with Gasteiger partial charge in [-0.25, -0.2) is 4.98 Å². The van der Waals surface area contributed by atoms with Crippen molar-refractivity contribution in [2.75, 3.05) is 0 Å². The Hall–Kier alpha value is -2.79. The van der Waals surface area contributed by atoms with Crippen molar-refractivity contribution in [2.24, 2.45) is 0 Å². The van der Waals surface area contributed by atoms with E-state index in [1.54, 1.807) is 36.8 Å². The minimum atomic E-state index is -0.359. The van der Waals surface area contributed by atoms with Crippen LogP contribution in [0.4, 0.5) is 0 Å². The molecule has 1 N–H and O–H groups in total. The Morgan fingerprint density at radius 3 is 2.16 bits per heavy atom. The van der Waals surface area contributed by atoms with Crippen molar-refractivity contribution in [3.63, 3.8) is 0 Å². The molecule has 4 rings (SSSR count). The van der Waals surface area contributed by atoms with Crippen molar-refractivity contribution in [1.29, 1.82) is 0 Å². The van der Waals surface area contributed by atoms with E-state index in [-0.39, 0.29) is 11.9 Å². The third-order valence-corrected chi connectivity index (χ3v) is 5.73. The summed E-state index contributed by atoms with van der Waals surface area (Å²) in [7, 11) is 0. The number of imidazole rings is 1. The molecule has 156 valence electrons. The molecule has 1 heterocycles. The Bertz CT molecular complexity index is 1170. The lowest BCUT2D eigenvalue weighted by molar-refractivity contribution is 0.0932. The van der Waals surface area contributed by atoms with Crippen LogP contribution in [-0.2, 0) is 6.54 Å². The number of nitrogens with zero attached hydrogens (tertiary/aromatic N) is 2. The van der Waals surface area contributed by atoms with E-state index in [1.807, 2.05) is 53.2 Å². The van der Waals surface area contributed by atoms with Crippen LogP contribution < -0.4 is 5.32 Å². The molecule has 0 saturated heterocycles. The van der Waals surface area contributed by atoms with Gasteiger partial charge in [0.05, 0.1) is 12.4 Å². The topological polar surface area (TPSA) is 46.9 Å². The van der Waals surface area contributed by atoms with Gasteiger partial charge >= 0.3 is 0 Å². The molecule has 1 unspecified atom stereocenters. The molecule has 3 aromatic carbocycles. The van der Waals surface area contributed by atoms with E-state index in [9.17, 15) is 4.79 Å². The van der Waals surface area contributed by atoms with Crippen molar-refractivity contribution in [3.8, 4) is 11.1 Å². The predicted molar refractivity (Wildman–Crippen MR) is 126 cm³/mol. The average molecular weight is 471 g/mol. The van der Waals surface area contributed by atoms with Crippen molar-refractivity contribution in [1.82, 2.24) is 14.9 Å². The van der Waals surface area contributed by atoms with Crippen LogP contribution in [-0.4, -0.2) is 15.5 Å². The number of hydrogen-bond donors (Lipinski definition) is 1. The fraction of sp³-hybridized carbons (Fsp3) is 0.0833. The second-order valence-corrected chi connectivity index (χ2v) is 8.32. The van der Waals surface area contributed by atoms with Crippen LogP contribution >= 0.6 is 34.8 Å². The number of rotatable bonds is 6. The van der Waals surface area contributed by atoms with Gasteiger partial charge in [0, 0.05) is 39.6 Å². The maximum Gasteiger partial charge on any atom is 0.251 e. The van der Waals surface area contributed by atoms with Gasteiger partial charge in [0.25, 0.3) is 5.91 Å². The van der Waals surface area contributed by atoms with Gasteiger partial charge in [-0.2, -0.15) is 0 Å². The number of carbonyl (C=O) groups is 1. The zero-order valence-electron chi connectivity index (χ0n) is 16.3. The van der Waals surface area contributed by atoms with Gasteiger partial charge in [-0.3, -0.25) is 4.79 Å². The van der Waals surface area contributed by atoms with E-state index < -0.39 is 0 Å². The van der Waals surface area contributed by atoms with E-state index >= 15 is 0 Å². The summed E-state index contributed by atoms with van der Waals surface area (Å²) in [5, 5.41) is 4.80. The Morgan fingerprint density at radius 1 is 0.903 bits per heavy atom. The molecule has 0 fully saturated rings. The van der Waals surface area contributed by atoms with Gasteiger partial charge in [0.1, 0.15) is 0 Å². The lowest BCUT2D eigenvalue weighted by Crippen LogP contribution is -2.31. The smallest absolute Gasteiger partial charge is 0.251 e. The SMILES string of the molecule is O=C(NC(Cn1ccnc1)c1ccc(Cl)cc1Cl)c1ccc(-c2ccc(Cl)cc2)cc1. The zero-order chi connectivity index (χ0) is 21.8. The van der Waals surface area contributed by atoms with Crippen molar-refractivity contribution in [2.45, 2.75) is 12.6 Å². The maximum absolute atomic E-state index is 13.0. The highest BCUT2D eigenvalue weighted by Gasteiger charge is 2.19. The number of nitrogens with one attached hydrogen (secondary N) is 1. The highest BCUT2D eigenvalue weighted by atomic mass is 35.5. The zero-order valence-corrected chi connectivity index (χ0v) is 18.6. The standard InChI is InChI=1S/C24H18Cl3N3O/c25-19-7-5-17(6-8-19)16-1-3-18(4-2-16)24(31)29-23(14-30-12-11-28-15-30)21-10-9-20(26)13-22(21)27/h1-13,15,23H,14H2,(H,29,31). The number of hydrogen-bond acceptors (Lipinski definition) is 2. The Labute approximate surface area is 195 Å². The van der Waals surface area contributed by atoms with Gasteiger partial charge in [-0.05, 0) is 53.1 Å².